The lowest BCUT2D eigenvalue weighted by Gasteiger charge is -2.44. The molecule has 0 bridgehead atoms. The molecule has 1 amide bonds. The van der Waals surface area contributed by atoms with Crippen LogP contribution in [0.15, 0.2) is 46.8 Å². The van der Waals surface area contributed by atoms with Gasteiger partial charge in [-0.05, 0) is 37.2 Å². The third-order valence-corrected chi connectivity index (χ3v) is 7.40. The average molecular weight is 408 g/mol. The van der Waals surface area contributed by atoms with E-state index in [4.69, 9.17) is 0 Å². The van der Waals surface area contributed by atoms with Crippen LogP contribution in [-0.4, -0.2) is 32.9 Å². The number of nitrogens with zero attached hydrogens (tertiary/aromatic N) is 3. The molecular formula is C23H25N3O2S. The number of piperidine rings is 1. The first kappa shape index (κ1) is 18.6. The maximum Gasteiger partial charge on any atom is 0.263 e. The van der Waals surface area contributed by atoms with E-state index in [0.717, 1.165) is 35.3 Å². The van der Waals surface area contributed by atoms with Gasteiger partial charge < -0.3 is 4.90 Å². The lowest BCUT2D eigenvalue weighted by Crippen LogP contribution is -2.51. The number of aromatic nitrogens is 2. The number of likely N-dealkylation sites (tertiary alicyclic amines) is 1. The zero-order chi connectivity index (χ0) is 19.8. The van der Waals surface area contributed by atoms with Crippen molar-refractivity contribution in [1.29, 1.82) is 0 Å². The van der Waals surface area contributed by atoms with Crippen LogP contribution >= 0.6 is 11.3 Å². The minimum atomic E-state index is -0.124. The number of amides is 1. The molecule has 0 unspecified atom stereocenters. The Labute approximate surface area is 174 Å². The fourth-order valence-corrected chi connectivity index (χ4v) is 5.99. The number of thiophene rings is 1. The molecule has 1 aliphatic heterocycles. The van der Waals surface area contributed by atoms with Crippen LogP contribution in [0.2, 0.25) is 0 Å². The summed E-state index contributed by atoms with van der Waals surface area (Å²) in [5.74, 6) is 0.696. The third-order valence-electron chi connectivity index (χ3n) is 6.51. The number of hydrogen-bond donors (Lipinski definition) is 0. The first-order chi connectivity index (χ1) is 14.2. The highest BCUT2D eigenvalue weighted by Crippen LogP contribution is 2.35. The van der Waals surface area contributed by atoms with E-state index in [1.807, 2.05) is 35.7 Å². The Morgan fingerprint density at radius 3 is 2.76 bits per heavy atom. The van der Waals surface area contributed by atoms with E-state index in [1.165, 1.54) is 47.9 Å². The van der Waals surface area contributed by atoms with Crippen LogP contribution in [0.4, 0.5) is 0 Å². The maximum atomic E-state index is 13.2. The van der Waals surface area contributed by atoms with Gasteiger partial charge in [-0.1, -0.05) is 43.2 Å². The molecule has 1 aliphatic carbocycles. The summed E-state index contributed by atoms with van der Waals surface area (Å²) < 4.78 is 1.50. The second-order valence-electron chi connectivity index (χ2n) is 8.21. The van der Waals surface area contributed by atoms with E-state index in [9.17, 15) is 9.59 Å². The van der Waals surface area contributed by atoms with Gasteiger partial charge in [0.1, 0.15) is 11.4 Å². The number of rotatable bonds is 3. The van der Waals surface area contributed by atoms with E-state index in [1.54, 1.807) is 0 Å². The SMILES string of the molecule is O=C(Cn1cnc2scc(-c3ccccc3)c2c1=O)N1CCC[C@@H]2CCCC[C@@H]21. The highest BCUT2D eigenvalue weighted by atomic mass is 32.1. The molecule has 5 rings (SSSR count). The average Bonchev–Trinajstić information content (AvgIpc) is 3.21. The first-order valence-corrected chi connectivity index (χ1v) is 11.4. The highest BCUT2D eigenvalue weighted by molar-refractivity contribution is 7.17. The second kappa shape index (κ2) is 7.75. The highest BCUT2D eigenvalue weighted by Gasteiger charge is 2.35. The van der Waals surface area contributed by atoms with Crippen molar-refractivity contribution in [1.82, 2.24) is 14.5 Å². The molecule has 0 spiro atoms. The van der Waals surface area contributed by atoms with Gasteiger partial charge in [0.05, 0.1) is 11.7 Å². The van der Waals surface area contributed by atoms with Crippen molar-refractivity contribution in [3.63, 3.8) is 0 Å². The molecule has 2 fully saturated rings. The zero-order valence-corrected chi connectivity index (χ0v) is 17.2. The minimum Gasteiger partial charge on any atom is -0.338 e. The number of fused-ring (bicyclic) bond motifs is 2. The molecule has 29 heavy (non-hydrogen) atoms. The van der Waals surface area contributed by atoms with E-state index >= 15 is 0 Å². The Kier molecular flexibility index (Phi) is 4.96. The van der Waals surface area contributed by atoms with Crippen molar-refractivity contribution in [2.45, 2.75) is 51.1 Å². The lowest BCUT2D eigenvalue weighted by molar-refractivity contribution is -0.138. The Bertz CT molecular complexity index is 1090. The van der Waals surface area contributed by atoms with Crippen molar-refractivity contribution < 1.29 is 4.79 Å². The topological polar surface area (TPSA) is 55.2 Å². The van der Waals surface area contributed by atoms with Gasteiger partial charge in [0.25, 0.3) is 5.56 Å². The molecular weight excluding hydrogens is 382 g/mol. The van der Waals surface area contributed by atoms with Gasteiger partial charge in [-0.15, -0.1) is 11.3 Å². The van der Waals surface area contributed by atoms with E-state index in [0.29, 0.717) is 17.3 Å². The summed E-state index contributed by atoms with van der Waals surface area (Å²) in [6.07, 6.45) is 8.66. The molecule has 6 heteroatoms. The van der Waals surface area contributed by atoms with Crippen molar-refractivity contribution >= 4 is 27.5 Å². The van der Waals surface area contributed by atoms with Gasteiger partial charge in [0.15, 0.2) is 0 Å². The first-order valence-electron chi connectivity index (χ1n) is 10.5. The smallest absolute Gasteiger partial charge is 0.263 e. The molecule has 3 heterocycles. The summed E-state index contributed by atoms with van der Waals surface area (Å²) in [5.41, 5.74) is 1.78. The molecule has 5 nitrogen and oxygen atoms in total. The van der Waals surface area contributed by atoms with Crippen molar-refractivity contribution in [3.05, 3.63) is 52.4 Å². The van der Waals surface area contributed by atoms with Gasteiger partial charge in [-0.2, -0.15) is 0 Å². The largest absolute Gasteiger partial charge is 0.338 e. The Morgan fingerprint density at radius 1 is 1.10 bits per heavy atom. The predicted molar refractivity (Wildman–Crippen MR) is 116 cm³/mol. The normalized spacial score (nSPS) is 21.9. The monoisotopic (exact) mass is 407 g/mol. The Hall–Kier alpha value is -2.47. The Morgan fingerprint density at radius 2 is 1.90 bits per heavy atom. The van der Waals surface area contributed by atoms with E-state index < -0.39 is 0 Å². The molecule has 1 saturated heterocycles. The summed E-state index contributed by atoms with van der Waals surface area (Å²) in [6, 6.07) is 10.3. The number of hydrogen-bond acceptors (Lipinski definition) is 4. The molecule has 1 aromatic carbocycles. The number of carbonyl (C=O) groups excluding carboxylic acids is 1. The molecule has 1 saturated carbocycles. The number of carbonyl (C=O) groups is 1. The van der Waals surface area contributed by atoms with Crippen LogP contribution in [0.1, 0.15) is 38.5 Å². The Balaban J connectivity index is 1.45. The summed E-state index contributed by atoms with van der Waals surface area (Å²) in [5, 5.41) is 2.60. The van der Waals surface area contributed by atoms with Crippen LogP contribution in [0, 0.1) is 5.92 Å². The predicted octanol–water partition coefficient (Wildman–Crippen LogP) is 4.31. The van der Waals surface area contributed by atoms with Crippen molar-refractivity contribution in [2.24, 2.45) is 5.92 Å². The molecule has 2 aliphatic rings. The zero-order valence-electron chi connectivity index (χ0n) is 16.4. The summed E-state index contributed by atoms with van der Waals surface area (Å²) in [4.78, 5) is 33.6. The van der Waals surface area contributed by atoms with Crippen molar-refractivity contribution in [2.75, 3.05) is 6.54 Å². The molecule has 150 valence electrons. The van der Waals surface area contributed by atoms with Crippen molar-refractivity contribution in [3.8, 4) is 11.1 Å². The van der Waals surface area contributed by atoms with Crippen LogP contribution in [0.3, 0.4) is 0 Å². The van der Waals surface area contributed by atoms with Crippen LogP contribution in [0.25, 0.3) is 21.3 Å². The van der Waals surface area contributed by atoms with Gasteiger partial charge >= 0.3 is 0 Å². The molecule has 0 N–H and O–H groups in total. The van der Waals surface area contributed by atoms with Gasteiger partial charge in [0, 0.05) is 23.5 Å². The fourth-order valence-electron chi connectivity index (χ4n) is 5.08. The lowest BCUT2D eigenvalue weighted by atomic mass is 9.78. The standard InChI is InChI=1S/C23H25N3O2S/c27-20(26-12-6-10-17-9-4-5-11-19(17)26)13-25-15-24-22-21(23(25)28)18(14-29-22)16-7-2-1-3-8-16/h1-3,7-8,14-15,17,19H,4-6,9-13H2/t17-,19-/m0/s1. The fraction of sp³-hybridized carbons (Fsp3) is 0.435. The second-order valence-corrected chi connectivity index (χ2v) is 9.07. The third kappa shape index (κ3) is 3.39. The summed E-state index contributed by atoms with van der Waals surface area (Å²) in [6.45, 7) is 0.896. The minimum absolute atomic E-state index is 0.0568. The van der Waals surface area contributed by atoms with Gasteiger partial charge in [-0.25, -0.2) is 4.98 Å². The quantitative estimate of drug-likeness (QED) is 0.650. The van der Waals surface area contributed by atoms with E-state index in [2.05, 4.69) is 9.88 Å². The molecule has 2 atom stereocenters. The molecule has 0 radical (unpaired) electrons. The van der Waals surface area contributed by atoms with Crippen LogP contribution in [-0.2, 0) is 11.3 Å². The maximum absolute atomic E-state index is 13.2. The summed E-state index contributed by atoms with van der Waals surface area (Å²) >= 11 is 1.47. The number of benzene rings is 1. The van der Waals surface area contributed by atoms with Crippen LogP contribution < -0.4 is 5.56 Å². The summed E-state index contributed by atoms with van der Waals surface area (Å²) in [7, 11) is 0. The van der Waals surface area contributed by atoms with Crippen LogP contribution in [0.5, 0.6) is 0 Å². The van der Waals surface area contributed by atoms with E-state index in [-0.39, 0.29) is 18.0 Å². The molecule has 3 aromatic rings. The van der Waals surface area contributed by atoms with Gasteiger partial charge in [0.2, 0.25) is 5.91 Å². The molecule has 2 aromatic heterocycles. The van der Waals surface area contributed by atoms with Gasteiger partial charge in [-0.3, -0.25) is 14.2 Å².